The van der Waals surface area contributed by atoms with Gasteiger partial charge in [0.15, 0.2) is 0 Å². The average molecular weight is 350 g/mol. The van der Waals surface area contributed by atoms with Crippen molar-refractivity contribution in [1.29, 1.82) is 0 Å². The third kappa shape index (κ3) is 4.86. The van der Waals surface area contributed by atoms with Crippen LogP contribution in [0.15, 0.2) is 18.2 Å². The maximum atomic E-state index is 10.6. The fraction of sp³-hybridized carbons (Fsp3) is 0.455. The van der Waals surface area contributed by atoms with Gasteiger partial charge in [-0.05, 0) is 54.5 Å². The summed E-state index contributed by atoms with van der Waals surface area (Å²) < 4.78 is 0.619. The largest absolute Gasteiger partial charge is 0.393 e. The molecule has 0 spiro atoms. The first-order valence-electron chi connectivity index (χ1n) is 5.36. The Labute approximate surface area is 114 Å². The number of hydrogen-bond acceptors (Lipinski definition) is 4. The Hall–Kier alpha value is -0.890. The Balaban J connectivity index is 2.50. The van der Waals surface area contributed by atoms with E-state index in [4.69, 9.17) is 5.11 Å². The zero-order valence-electron chi connectivity index (χ0n) is 9.52. The van der Waals surface area contributed by atoms with Crippen molar-refractivity contribution in [2.24, 2.45) is 0 Å². The number of nitrogens with one attached hydrogen (secondary N) is 1. The first-order valence-corrected chi connectivity index (χ1v) is 6.44. The second kappa shape index (κ2) is 6.75. The maximum absolute atomic E-state index is 10.6. The van der Waals surface area contributed by atoms with Gasteiger partial charge in [-0.25, -0.2) is 0 Å². The van der Waals surface area contributed by atoms with Gasteiger partial charge in [-0.1, -0.05) is 0 Å². The summed E-state index contributed by atoms with van der Waals surface area (Å²) in [6, 6.07) is 4.95. The van der Waals surface area contributed by atoms with Crippen LogP contribution in [0.5, 0.6) is 0 Å². The lowest BCUT2D eigenvalue weighted by Gasteiger charge is -2.08. The maximum Gasteiger partial charge on any atom is 0.282 e. The first-order chi connectivity index (χ1) is 8.00. The summed E-state index contributed by atoms with van der Waals surface area (Å²) in [5.74, 6) is 0. The molecule has 0 aliphatic rings. The molecule has 0 saturated heterocycles. The molecule has 0 heterocycles. The molecule has 1 aromatic carbocycles. The van der Waals surface area contributed by atoms with E-state index in [2.05, 4.69) is 5.32 Å². The van der Waals surface area contributed by atoms with E-state index in [9.17, 15) is 10.1 Å². The molecule has 1 atom stereocenters. The lowest BCUT2D eigenvalue weighted by molar-refractivity contribution is -0.385. The molecule has 94 valence electrons. The number of aliphatic hydroxyl groups is 1. The third-order valence-electron chi connectivity index (χ3n) is 2.27. The summed E-state index contributed by atoms with van der Waals surface area (Å²) in [5.41, 5.74) is 0.991. The zero-order valence-corrected chi connectivity index (χ0v) is 11.7. The SMILES string of the molecule is CC(O)CCCNc1ccc([N+](=O)[O-])c(I)c1. The summed E-state index contributed by atoms with van der Waals surface area (Å²) in [4.78, 5) is 10.2. The standard InChI is InChI=1S/C11H15IN2O3/c1-8(15)3-2-6-13-9-4-5-11(14(16)17)10(12)7-9/h4-5,7-8,13,15H,2-3,6H2,1H3. The van der Waals surface area contributed by atoms with Crippen LogP contribution in [0.3, 0.4) is 0 Å². The summed E-state index contributed by atoms with van der Waals surface area (Å²) in [7, 11) is 0. The number of aliphatic hydroxyl groups excluding tert-OH is 1. The van der Waals surface area contributed by atoms with E-state index in [-0.39, 0.29) is 16.7 Å². The minimum Gasteiger partial charge on any atom is -0.393 e. The molecule has 2 N–H and O–H groups in total. The Morgan fingerprint density at radius 1 is 1.59 bits per heavy atom. The topological polar surface area (TPSA) is 75.4 Å². The minimum absolute atomic E-state index is 0.125. The molecule has 6 heteroatoms. The number of anilines is 1. The van der Waals surface area contributed by atoms with Gasteiger partial charge in [-0.2, -0.15) is 0 Å². The van der Waals surface area contributed by atoms with E-state index >= 15 is 0 Å². The number of nitro benzene ring substituents is 1. The quantitative estimate of drug-likeness (QED) is 0.358. The van der Waals surface area contributed by atoms with Crippen LogP contribution in [-0.4, -0.2) is 22.7 Å². The first kappa shape index (κ1) is 14.2. The van der Waals surface area contributed by atoms with Gasteiger partial charge in [-0.3, -0.25) is 10.1 Å². The summed E-state index contributed by atoms with van der Waals surface area (Å²) in [5, 5.41) is 22.9. The van der Waals surface area contributed by atoms with Crippen LogP contribution in [-0.2, 0) is 0 Å². The highest BCUT2D eigenvalue weighted by molar-refractivity contribution is 14.1. The molecule has 1 aromatic rings. The number of nitro groups is 1. The van der Waals surface area contributed by atoms with Gasteiger partial charge in [0, 0.05) is 18.3 Å². The second-order valence-corrected chi connectivity index (χ2v) is 5.00. The van der Waals surface area contributed by atoms with Crippen molar-refractivity contribution in [2.45, 2.75) is 25.9 Å². The van der Waals surface area contributed by atoms with E-state index < -0.39 is 0 Å². The molecule has 1 unspecified atom stereocenters. The molecule has 0 saturated carbocycles. The highest BCUT2D eigenvalue weighted by Gasteiger charge is 2.11. The Morgan fingerprint density at radius 3 is 2.82 bits per heavy atom. The monoisotopic (exact) mass is 350 g/mol. The van der Waals surface area contributed by atoms with Gasteiger partial charge in [-0.15, -0.1) is 0 Å². The number of hydrogen-bond donors (Lipinski definition) is 2. The van der Waals surface area contributed by atoms with Crippen LogP contribution in [0.25, 0.3) is 0 Å². The molecular weight excluding hydrogens is 335 g/mol. The molecule has 0 amide bonds. The predicted molar refractivity (Wildman–Crippen MR) is 75.2 cm³/mol. The van der Waals surface area contributed by atoms with Crippen LogP contribution in [0.2, 0.25) is 0 Å². The summed E-state index contributed by atoms with van der Waals surface area (Å²) in [6.07, 6.45) is 1.33. The van der Waals surface area contributed by atoms with E-state index in [0.29, 0.717) is 3.57 Å². The lowest BCUT2D eigenvalue weighted by atomic mass is 10.2. The zero-order chi connectivity index (χ0) is 12.8. The fourth-order valence-corrected chi connectivity index (χ4v) is 2.11. The van der Waals surface area contributed by atoms with Crippen molar-refractivity contribution in [3.63, 3.8) is 0 Å². The Bertz CT molecular complexity index is 396. The molecule has 0 bridgehead atoms. The number of halogens is 1. The molecule has 1 rings (SSSR count). The molecular formula is C11H15IN2O3. The van der Waals surface area contributed by atoms with Gasteiger partial charge in [0.25, 0.3) is 5.69 Å². The summed E-state index contributed by atoms with van der Waals surface area (Å²) in [6.45, 7) is 2.51. The number of benzene rings is 1. The molecule has 17 heavy (non-hydrogen) atoms. The Kier molecular flexibility index (Phi) is 5.63. The molecule has 0 aromatic heterocycles. The van der Waals surface area contributed by atoms with Gasteiger partial charge in [0.2, 0.25) is 0 Å². The van der Waals surface area contributed by atoms with Crippen molar-refractivity contribution in [3.8, 4) is 0 Å². The molecule has 0 aliphatic carbocycles. The van der Waals surface area contributed by atoms with E-state index in [1.165, 1.54) is 6.07 Å². The van der Waals surface area contributed by atoms with E-state index in [1.54, 1.807) is 19.1 Å². The highest BCUT2D eigenvalue weighted by atomic mass is 127. The van der Waals surface area contributed by atoms with Crippen LogP contribution < -0.4 is 5.32 Å². The van der Waals surface area contributed by atoms with Crippen LogP contribution in [0, 0.1) is 13.7 Å². The van der Waals surface area contributed by atoms with Crippen molar-refractivity contribution < 1.29 is 10.0 Å². The van der Waals surface area contributed by atoms with Crippen molar-refractivity contribution in [1.82, 2.24) is 0 Å². The molecule has 0 aliphatic heterocycles. The van der Waals surface area contributed by atoms with Gasteiger partial charge < -0.3 is 10.4 Å². The highest BCUT2D eigenvalue weighted by Crippen LogP contribution is 2.24. The van der Waals surface area contributed by atoms with E-state index in [0.717, 1.165) is 25.1 Å². The van der Waals surface area contributed by atoms with Crippen LogP contribution >= 0.6 is 22.6 Å². The van der Waals surface area contributed by atoms with Gasteiger partial charge in [0.05, 0.1) is 14.6 Å². The molecule has 0 fully saturated rings. The lowest BCUT2D eigenvalue weighted by Crippen LogP contribution is -2.06. The van der Waals surface area contributed by atoms with Crippen molar-refractivity contribution in [3.05, 3.63) is 31.9 Å². The van der Waals surface area contributed by atoms with Crippen LogP contribution in [0.1, 0.15) is 19.8 Å². The van der Waals surface area contributed by atoms with Gasteiger partial charge in [0.1, 0.15) is 0 Å². The molecule has 0 radical (unpaired) electrons. The van der Waals surface area contributed by atoms with E-state index in [1.807, 2.05) is 22.6 Å². The van der Waals surface area contributed by atoms with Crippen LogP contribution in [0.4, 0.5) is 11.4 Å². The average Bonchev–Trinajstić information content (AvgIpc) is 2.23. The fourth-order valence-electron chi connectivity index (χ4n) is 1.40. The molecule has 5 nitrogen and oxygen atoms in total. The van der Waals surface area contributed by atoms with Crippen molar-refractivity contribution >= 4 is 34.0 Å². The van der Waals surface area contributed by atoms with Crippen molar-refractivity contribution in [2.75, 3.05) is 11.9 Å². The predicted octanol–water partition coefficient (Wildman–Crippen LogP) is 2.77. The Morgan fingerprint density at radius 2 is 2.29 bits per heavy atom. The smallest absolute Gasteiger partial charge is 0.282 e. The number of nitrogens with zero attached hydrogens (tertiary/aromatic N) is 1. The van der Waals surface area contributed by atoms with Gasteiger partial charge >= 0.3 is 0 Å². The minimum atomic E-state index is -0.390. The second-order valence-electron chi connectivity index (χ2n) is 3.84. The summed E-state index contributed by atoms with van der Waals surface area (Å²) >= 11 is 1.95. The normalized spacial score (nSPS) is 12.2. The third-order valence-corrected chi connectivity index (χ3v) is 3.14. The number of rotatable bonds is 6.